The fourth-order valence-corrected chi connectivity index (χ4v) is 1.60. The number of rotatable bonds is 6. The maximum atomic E-state index is 5.31. The summed E-state index contributed by atoms with van der Waals surface area (Å²) in [6, 6.07) is 5.92. The van der Waals surface area contributed by atoms with Crippen LogP contribution in [-0.2, 0) is 0 Å². The molecular weight excluding hydrogens is 204 g/mol. The largest absolute Gasteiger partial charge is 0.454 e. The predicted octanol–water partition coefficient (Wildman–Crippen LogP) is 1.83. The third-order valence-electron chi connectivity index (χ3n) is 2.43. The van der Waals surface area contributed by atoms with Crippen molar-refractivity contribution in [3.05, 3.63) is 18.2 Å². The smallest absolute Gasteiger partial charge is 0.231 e. The van der Waals surface area contributed by atoms with E-state index in [4.69, 9.17) is 9.47 Å². The fourth-order valence-electron chi connectivity index (χ4n) is 1.60. The van der Waals surface area contributed by atoms with Crippen molar-refractivity contribution >= 4 is 5.69 Å². The third-order valence-corrected chi connectivity index (χ3v) is 2.43. The zero-order valence-corrected chi connectivity index (χ0v) is 9.58. The molecule has 1 aromatic rings. The molecule has 0 saturated heterocycles. The highest BCUT2D eigenvalue weighted by atomic mass is 16.7. The molecule has 0 radical (unpaired) electrons. The van der Waals surface area contributed by atoms with Gasteiger partial charge in [-0.1, -0.05) is 6.92 Å². The first kappa shape index (κ1) is 11.1. The molecule has 2 rings (SSSR count). The minimum Gasteiger partial charge on any atom is -0.454 e. The first-order valence-corrected chi connectivity index (χ1v) is 5.74. The van der Waals surface area contributed by atoms with Crippen molar-refractivity contribution in [2.24, 2.45) is 0 Å². The van der Waals surface area contributed by atoms with E-state index < -0.39 is 0 Å². The van der Waals surface area contributed by atoms with Crippen LogP contribution in [0.1, 0.15) is 13.3 Å². The molecule has 0 aliphatic carbocycles. The van der Waals surface area contributed by atoms with Gasteiger partial charge in [0.15, 0.2) is 11.5 Å². The lowest BCUT2D eigenvalue weighted by Gasteiger charge is -2.07. The minimum absolute atomic E-state index is 0.330. The number of ether oxygens (including phenoxy) is 2. The second-order valence-electron chi connectivity index (χ2n) is 3.74. The molecule has 0 amide bonds. The monoisotopic (exact) mass is 222 g/mol. The normalized spacial score (nSPS) is 12.8. The molecule has 4 heteroatoms. The molecule has 0 spiro atoms. The Bertz CT molecular complexity index is 342. The van der Waals surface area contributed by atoms with Crippen molar-refractivity contribution in [1.29, 1.82) is 0 Å². The van der Waals surface area contributed by atoms with E-state index >= 15 is 0 Å². The second kappa shape index (κ2) is 5.61. The molecule has 0 bridgehead atoms. The summed E-state index contributed by atoms with van der Waals surface area (Å²) in [5.41, 5.74) is 1.07. The highest BCUT2D eigenvalue weighted by Gasteiger charge is 2.12. The summed E-state index contributed by atoms with van der Waals surface area (Å²) < 4.78 is 10.6. The van der Waals surface area contributed by atoms with Gasteiger partial charge in [0.25, 0.3) is 0 Å². The Morgan fingerprint density at radius 1 is 1.12 bits per heavy atom. The molecule has 1 aliphatic rings. The van der Waals surface area contributed by atoms with E-state index in [9.17, 15) is 0 Å². The lowest BCUT2D eigenvalue weighted by molar-refractivity contribution is 0.174. The number of anilines is 1. The quantitative estimate of drug-likeness (QED) is 0.721. The van der Waals surface area contributed by atoms with Gasteiger partial charge in [0.05, 0.1) is 0 Å². The van der Waals surface area contributed by atoms with E-state index in [2.05, 4.69) is 17.6 Å². The van der Waals surface area contributed by atoms with Gasteiger partial charge in [0, 0.05) is 24.8 Å². The lowest BCUT2D eigenvalue weighted by atomic mass is 10.3. The van der Waals surface area contributed by atoms with Crippen LogP contribution < -0.4 is 20.1 Å². The number of nitrogens with one attached hydrogen (secondary N) is 2. The average molecular weight is 222 g/mol. The van der Waals surface area contributed by atoms with Crippen LogP contribution in [0.4, 0.5) is 5.69 Å². The second-order valence-corrected chi connectivity index (χ2v) is 3.74. The summed E-state index contributed by atoms with van der Waals surface area (Å²) in [7, 11) is 0. The third kappa shape index (κ3) is 2.79. The van der Waals surface area contributed by atoms with Gasteiger partial charge in [0.2, 0.25) is 6.79 Å². The van der Waals surface area contributed by atoms with Crippen LogP contribution in [-0.4, -0.2) is 26.4 Å². The average Bonchev–Trinajstić information content (AvgIpc) is 2.76. The van der Waals surface area contributed by atoms with E-state index in [1.165, 1.54) is 6.42 Å². The van der Waals surface area contributed by atoms with Gasteiger partial charge in [-0.25, -0.2) is 0 Å². The van der Waals surface area contributed by atoms with Crippen LogP contribution >= 0.6 is 0 Å². The molecule has 16 heavy (non-hydrogen) atoms. The Morgan fingerprint density at radius 2 is 2.00 bits per heavy atom. The van der Waals surface area contributed by atoms with Gasteiger partial charge >= 0.3 is 0 Å². The number of fused-ring (bicyclic) bond motifs is 1. The highest BCUT2D eigenvalue weighted by molar-refractivity contribution is 5.55. The molecule has 0 saturated carbocycles. The number of benzene rings is 1. The van der Waals surface area contributed by atoms with Gasteiger partial charge in [0.1, 0.15) is 0 Å². The van der Waals surface area contributed by atoms with Crippen molar-refractivity contribution in [1.82, 2.24) is 5.32 Å². The number of hydrogen-bond donors (Lipinski definition) is 2. The first-order valence-electron chi connectivity index (χ1n) is 5.74. The molecule has 1 heterocycles. The van der Waals surface area contributed by atoms with E-state index in [0.29, 0.717) is 6.79 Å². The van der Waals surface area contributed by atoms with Crippen LogP contribution in [0.5, 0.6) is 11.5 Å². The fraction of sp³-hybridized carbons (Fsp3) is 0.500. The zero-order chi connectivity index (χ0) is 11.2. The summed E-state index contributed by atoms with van der Waals surface area (Å²) >= 11 is 0. The summed E-state index contributed by atoms with van der Waals surface area (Å²) in [6.45, 7) is 5.46. The Hall–Kier alpha value is -1.42. The van der Waals surface area contributed by atoms with E-state index in [1.807, 2.05) is 18.2 Å². The van der Waals surface area contributed by atoms with Crippen molar-refractivity contribution < 1.29 is 9.47 Å². The van der Waals surface area contributed by atoms with E-state index in [0.717, 1.165) is 36.8 Å². The summed E-state index contributed by atoms with van der Waals surface area (Å²) in [5, 5.41) is 6.67. The molecule has 1 aromatic carbocycles. The predicted molar refractivity (Wildman–Crippen MR) is 64.2 cm³/mol. The molecule has 4 nitrogen and oxygen atoms in total. The minimum atomic E-state index is 0.330. The molecule has 2 N–H and O–H groups in total. The maximum Gasteiger partial charge on any atom is 0.231 e. The van der Waals surface area contributed by atoms with Crippen LogP contribution in [0.15, 0.2) is 18.2 Å². The lowest BCUT2D eigenvalue weighted by Crippen LogP contribution is -2.22. The van der Waals surface area contributed by atoms with Gasteiger partial charge in [-0.2, -0.15) is 0 Å². The summed E-state index contributed by atoms with van der Waals surface area (Å²) in [5.74, 6) is 1.65. The molecule has 1 aliphatic heterocycles. The Morgan fingerprint density at radius 3 is 2.88 bits per heavy atom. The van der Waals surface area contributed by atoms with Gasteiger partial charge in [-0.05, 0) is 25.1 Å². The Labute approximate surface area is 95.9 Å². The Balaban J connectivity index is 1.77. The van der Waals surface area contributed by atoms with Crippen LogP contribution in [0, 0.1) is 0 Å². The van der Waals surface area contributed by atoms with Crippen LogP contribution in [0.2, 0.25) is 0 Å². The van der Waals surface area contributed by atoms with Crippen molar-refractivity contribution in [3.63, 3.8) is 0 Å². The van der Waals surface area contributed by atoms with Crippen molar-refractivity contribution in [3.8, 4) is 11.5 Å². The van der Waals surface area contributed by atoms with Crippen molar-refractivity contribution in [2.45, 2.75) is 13.3 Å². The molecule has 0 unspecified atom stereocenters. The van der Waals surface area contributed by atoms with Gasteiger partial charge in [-0.3, -0.25) is 0 Å². The molecule has 0 atom stereocenters. The number of hydrogen-bond acceptors (Lipinski definition) is 4. The van der Waals surface area contributed by atoms with E-state index in [1.54, 1.807) is 0 Å². The molecule has 88 valence electrons. The molecular formula is C12H18N2O2. The van der Waals surface area contributed by atoms with Crippen LogP contribution in [0.25, 0.3) is 0 Å². The summed E-state index contributed by atoms with van der Waals surface area (Å²) in [6.07, 6.45) is 1.17. The topological polar surface area (TPSA) is 42.5 Å². The molecule has 0 aromatic heterocycles. The maximum absolute atomic E-state index is 5.31. The summed E-state index contributed by atoms with van der Waals surface area (Å²) in [4.78, 5) is 0. The Kier molecular flexibility index (Phi) is 3.88. The van der Waals surface area contributed by atoms with E-state index in [-0.39, 0.29) is 0 Å². The van der Waals surface area contributed by atoms with Crippen molar-refractivity contribution in [2.75, 3.05) is 31.7 Å². The van der Waals surface area contributed by atoms with Gasteiger partial charge in [-0.15, -0.1) is 0 Å². The SMILES string of the molecule is CCCNCCNc1ccc2c(c1)OCO2. The standard InChI is InChI=1S/C12H18N2O2/c1-2-5-13-6-7-14-10-3-4-11-12(8-10)16-9-15-11/h3-4,8,13-14H,2,5-7,9H2,1H3. The highest BCUT2D eigenvalue weighted by Crippen LogP contribution is 2.33. The zero-order valence-electron chi connectivity index (χ0n) is 9.58. The molecule has 0 fully saturated rings. The van der Waals surface area contributed by atoms with Gasteiger partial charge < -0.3 is 20.1 Å². The van der Waals surface area contributed by atoms with Crippen LogP contribution in [0.3, 0.4) is 0 Å². The first-order chi connectivity index (χ1) is 7.90.